The van der Waals surface area contributed by atoms with Gasteiger partial charge in [-0.3, -0.25) is 0 Å². The minimum absolute atomic E-state index is 0.503. The van der Waals surface area contributed by atoms with Gasteiger partial charge in [0.25, 0.3) is 0 Å². The van der Waals surface area contributed by atoms with Gasteiger partial charge in [0, 0.05) is 18.7 Å². The lowest BCUT2D eigenvalue weighted by atomic mass is 9.92. The van der Waals surface area contributed by atoms with Gasteiger partial charge in [-0.1, -0.05) is 65.8 Å². The van der Waals surface area contributed by atoms with Crippen molar-refractivity contribution in [2.45, 2.75) is 12.5 Å². The minimum atomic E-state index is -0.503. The fourth-order valence-electron chi connectivity index (χ4n) is 3.68. The van der Waals surface area contributed by atoms with Crippen LogP contribution >= 0.6 is 0 Å². The van der Waals surface area contributed by atoms with E-state index in [2.05, 4.69) is 35.5 Å². The summed E-state index contributed by atoms with van der Waals surface area (Å²) in [7, 11) is 1.63. The highest BCUT2D eigenvalue weighted by Gasteiger charge is 2.23. The molecular weight excluding hydrogens is 386 g/mol. The van der Waals surface area contributed by atoms with E-state index >= 15 is 0 Å². The molecule has 0 fully saturated rings. The predicted molar refractivity (Wildman–Crippen MR) is 120 cm³/mol. The normalized spacial score (nSPS) is 11.8. The first kappa shape index (κ1) is 20.5. The van der Waals surface area contributed by atoms with Crippen LogP contribution in [0.25, 0.3) is 22.4 Å². The van der Waals surface area contributed by atoms with Crippen molar-refractivity contribution in [3.8, 4) is 28.5 Å². The molecular formula is C26H23N3O2. The van der Waals surface area contributed by atoms with Crippen molar-refractivity contribution in [3.05, 3.63) is 101 Å². The summed E-state index contributed by atoms with van der Waals surface area (Å²) in [6, 6.07) is 27.8. The molecule has 0 bridgehead atoms. The summed E-state index contributed by atoms with van der Waals surface area (Å²) in [6.45, 7) is 0.614. The largest absolute Gasteiger partial charge is 0.369 e. The third-order valence-electron chi connectivity index (χ3n) is 5.25. The van der Waals surface area contributed by atoms with Crippen molar-refractivity contribution >= 4 is 0 Å². The van der Waals surface area contributed by atoms with E-state index in [4.69, 9.17) is 15.0 Å². The standard InChI is InChI=1S/C26H23N3O2/c1-30-26(25-16-24(29-31-25)21-5-3-2-4-6-21)23-15-19(17-28)9-12-22(23)20-10-7-18(8-11-20)13-14-27/h2-12,15-16,26H,13-14,27H2,1H3. The number of aromatic nitrogens is 1. The van der Waals surface area contributed by atoms with Crippen LogP contribution in [0, 0.1) is 11.3 Å². The highest BCUT2D eigenvalue weighted by atomic mass is 16.5. The van der Waals surface area contributed by atoms with E-state index in [-0.39, 0.29) is 0 Å². The Kier molecular flexibility index (Phi) is 6.23. The van der Waals surface area contributed by atoms with Crippen LogP contribution in [-0.4, -0.2) is 18.8 Å². The molecule has 1 aromatic heterocycles. The Morgan fingerprint density at radius 3 is 2.45 bits per heavy atom. The summed E-state index contributed by atoms with van der Waals surface area (Å²) < 4.78 is 11.5. The molecule has 0 saturated heterocycles. The molecule has 154 valence electrons. The number of hydrogen-bond acceptors (Lipinski definition) is 5. The molecule has 0 amide bonds. The highest BCUT2D eigenvalue weighted by molar-refractivity contribution is 5.70. The van der Waals surface area contributed by atoms with E-state index in [9.17, 15) is 5.26 Å². The maximum Gasteiger partial charge on any atom is 0.170 e. The van der Waals surface area contributed by atoms with Gasteiger partial charge < -0.3 is 15.0 Å². The highest BCUT2D eigenvalue weighted by Crippen LogP contribution is 2.36. The van der Waals surface area contributed by atoms with Crippen LogP contribution in [0.15, 0.2) is 83.4 Å². The Balaban J connectivity index is 1.76. The number of nitrogens with zero attached hydrogens (tertiary/aromatic N) is 2. The molecule has 0 saturated carbocycles. The Morgan fingerprint density at radius 1 is 1.00 bits per heavy atom. The Bertz CT molecular complexity index is 1190. The summed E-state index contributed by atoms with van der Waals surface area (Å²) in [6.07, 6.45) is 0.332. The maximum atomic E-state index is 9.46. The molecule has 0 spiro atoms. The van der Waals surface area contributed by atoms with E-state index < -0.39 is 6.10 Å². The maximum absolute atomic E-state index is 9.46. The van der Waals surface area contributed by atoms with Gasteiger partial charge in [0.15, 0.2) is 5.76 Å². The minimum Gasteiger partial charge on any atom is -0.369 e. The molecule has 0 radical (unpaired) electrons. The first-order chi connectivity index (χ1) is 15.2. The van der Waals surface area contributed by atoms with Crippen molar-refractivity contribution in [2.24, 2.45) is 5.73 Å². The van der Waals surface area contributed by atoms with Crippen molar-refractivity contribution in [1.29, 1.82) is 5.26 Å². The average Bonchev–Trinajstić information content (AvgIpc) is 3.31. The van der Waals surface area contributed by atoms with Crippen molar-refractivity contribution in [3.63, 3.8) is 0 Å². The second-order valence-electron chi connectivity index (χ2n) is 7.25. The van der Waals surface area contributed by atoms with Crippen molar-refractivity contribution in [1.82, 2.24) is 5.16 Å². The predicted octanol–water partition coefficient (Wildman–Crippen LogP) is 5.12. The van der Waals surface area contributed by atoms with Crippen molar-refractivity contribution < 1.29 is 9.26 Å². The van der Waals surface area contributed by atoms with Crippen molar-refractivity contribution in [2.75, 3.05) is 13.7 Å². The summed E-state index contributed by atoms with van der Waals surface area (Å²) in [4.78, 5) is 0. The van der Waals surface area contributed by atoms with Crippen LogP contribution in [0.2, 0.25) is 0 Å². The topological polar surface area (TPSA) is 85.1 Å². The summed E-state index contributed by atoms with van der Waals surface area (Å²) in [5, 5.41) is 13.7. The smallest absolute Gasteiger partial charge is 0.170 e. The molecule has 3 aromatic carbocycles. The van der Waals surface area contributed by atoms with Crippen LogP contribution in [0.3, 0.4) is 0 Å². The molecule has 0 aliphatic carbocycles. The molecule has 2 N–H and O–H groups in total. The quantitative estimate of drug-likeness (QED) is 0.458. The summed E-state index contributed by atoms with van der Waals surface area (Å²) >= 11 is 0. The summed E-state index contributed by atoms with van der Waals surface area (Å²) in [5.74, 6) is 0.581. The van der Waals surface area contributed by atoms with E-state index in [1.165, 1.54) is 5.56 Å². The third-order valence-corrected chi connectivity index (χ3v) is 5.25. The van der Waals surface area contributed by atoms with Crippen LogP contribution in [0.1, 0.15) is 28.6 Å². The number of nitriles is 1. The number of rotatable bonds is 7. The van der Waals surface area contributed by atoms with E-state index in [1.807, 2.05) is 54.6 Å². The first-order valence-electron chi connectivity index (χ1n) is 10.1. The fourth-order valence-corrected chi connectivity index (χ4v) is 3.68. The lowest BCUT2D eigenvalue weighted by Gasteiger charge is -2.18. The molecule has 5 nitrogen and oxygen atoms in total. The molecule has 4 aromatic rings. The van der Waals surface area contributed by atoms with Gasteiger partial charge in [-0.05, 0) is 47.4 Å². The number of nitrogens with two attached hydrogens (primary N) is 1. The van der Waals surface area contributed by atoms with Gasteiger partial charge in [-0.15, -0.1) is 0 Å². The van der Waals surface area contributed by atoms with Gasteiger partial charge in [0.1, 0.15) is 11.8 Å². The van der Waals surface area contributed by atoms with Crippen LogP contribution in [-0.2, 0) is 11.2 Å². The van der Waals surface area contributed by atoms with Gasteiger partial charge in [-0.25, -0.2) is 0 Å². The van der Waals surface area contributed by atoms with Crippen LogP contribution < -0.4 is 5.73 Å². The molecule has 4 rings (SSSR count). The van der Waals surface area contributed by atoms with E-state index in [0.717, 1.165) is 34.4 Å². The number of methoxy groups -OCH3 is 1. The Labute approximate surface area is 181 Å². The third kappa shape index (κ3) is 4.41. The monoisotopic (exact) mass is 409 g/mol. The molecule has 1 atom stereocenters. The number of benzene rings is 3. The number of ether oxygens (including phenoxy) is 1. The lowest BCUT2D eigenvalue weighted by Crippen LogP contribution is -2.05. The van der Waals surface area contributed by atoms with Gasteiger partial charge in [-0.2, -0.15) is 5.26 Å². The second kappa shape index (κ2) is 9.40. The molecule has 5 heteroatoms. The first-order valence-corrected chi connectivity index (χ1v) is 10.1. The molecule has 1 unspecified atom stereocenters. The molecule has 31 heavy (non-hydrogen) atoms. The lowest BCUT2D eigenvalue weighted by molar-refractivity contribution is 0.110. The van der Waals surface area contributed by atoms with Gasteiger partial charge in [0.05, 0.1) is 11.6 Å². The zero-order valence-electron chi connectivity index (χ0n) is 17.3. The molecule has 0 aliphatic rings. The van der Waals surface area contributed by atoms with Gasteiger partial charge >= 0.3 is 0 Å². The fraction of sp³-hybridized carbons (Fsp3) is 0.154. The number of hydrogen-bond donors (Lipinski definition) is 1. The van der Waals surface area contributed by atoms with Crippen LogP contribution in [0.5, 0.6) is 0 Å². The molecule has 0 aliphatic heterocycles. The van der Waals surface area contributed by atoms with E-state index in [1.54, 1.807) is 7.11 Å². The van der Waals surface area contributed by atoms with Gasteiger partial charge in [0.2, 0.25) is 0 Å². The van der Waals surface area contributed by atoms with Crippen LogP contribution in [0.4, 0.5) is 0 Å². The summed E-state index contributed by atoms with van der Waals surface area (Å²) in [5.41, 5.74) is 12.0. The second-order valence-corrected chi connectivity index (χ2v) is 7.25. The van der Waals surface area contributed by atoms with E-state index in [0.29, 0.717) is 17.9 Å². The SMILES string of the molecule is COC(c1cc(-c2ccccc2)no1)c1cc(C#N)ccc1-c1ccc(CCN)cc1. The average molecular weight is 409 g/mol. The Morgan fingerprint density at radius 2 is 1.77 bits per heavy atom. The zero-order chi connectivity index (χ0) is 21.6. The molecule has 1 heterocycles. The zero-order valence-corrected chi connectivity index (χ0v) is 17.3. The Hall–Kier alpha value is -3.72.